The maximum absolute atomic E-state index is 6.18. The Morgan fingerprint density at radius 1 is 0.960 bits per heavy atom. The summed E-state index contributed by atoms with van der Waals surface area (Å²) >= 11 is 6.18. The molecule has 136 valence electrons. The topological polar surface area (TPSA) is 21.3 Å². The molecule has 0 aliphatic heterocycles. The van der Waals surface area contributed by atoms with Crippen molar-refractivity contribution >= 4 is 24.0 Å². The summed E-state index contributed by atoms with van der Waals surface area (Å²) in [5, 5.41) is 4.46. The van der Waals surface area contributed by atoms with Gasteiger partial charge in [0.25, 0.3) is 0 Å². The lowest BCUT2D eigenvalue weighted by atomic mass is 10.1. The molecule has 1 aliphatic rings. The predicted octanol–water partition coefficient (Wildman–Crippen LogP) is 6.15. The van der Waals surface area contributed by atoms with Crippen LogP contribution in [-0.2, 0) is 13.2 Å². The molecular weight excluding hydrogens is 353 g/mol. The minimum atomic E-state index is 0. The minimum absolute atomic E-state index is 0. The summed E-state index contributed by atoms with van der Waals surface area (Å²) in [5.74, 6) is 0.898. The van der Waals surface area contributed by atoms with Crippen molar-refractivity contribution in [2.24, 2.45) is 0 Å². The number of hydrogen-bond donors (Lipinski definition) is 1. The molecule has 0 radical (unpaired) electrons. The van der Waals surface area contributed by atoms with Gasteiger partial charge in [0, 0.05) is 23.2 Å². The molecule has 0 heterocycles. The molecule has 1 saturated carbocycles. The highest BCUT2D eigenvalue weighted by Gasteiger charge is 2.11. The molecule has 4 heteroatoms. The monoisotopic (exact) mass is 379 g/mol. The van der Waals surface area contributed by atoms with Gasteiger partial charge in [-0.1, -0.05) is 67.6 Å². The molecule has 2 nitrogen and oxygen atoms in total. The van der Waals surface area contributed by atoms with Crippen LogP contribution in [0.5, 0.6) is 5.75 Å². The van der Waals surface area contributed by atoms with Crippen molar-refractivity contribution in [3.63, 3.8) is 0 Å². The molecule has 2 aromatic rings. The Kier molecular flexibility index (Phi) is 8.60. The van der Waals surface area contributed by atoms with Crippen molar-refractivity contribution < 1.29 is 4.74 Å². The van der Waals surface area contributed by atoms with E-state index in [2.05, 4.69) is 23.5 Å². The Labute approximate surface area is 162 Å². The third-order valence-corrected chi connectivity index (χ3v) is 5.07. The van der Waals surface area contributed by atoms with Crippen LogP contribution in [-0.4, -0.2) is 6.04 Å². The first-order chi connectivity index (χ1) is 11.8. The Bertz CT molecular complexity index is 639. The zero-order valence-corrected chi connectivity index (χ0v) is 16.1. The van der Waals surface area contributed by atoms with Crippen molar-refractivity contribution in [3.8, 4) is 5.75 Å². The Hall–Kier alpha value is -1.22. The molecule has 2 aromatic carbocycles. The second-order valence-electron chi connectivity index (χ2n) is 6.60. The molecule has 3 rings (SSSR count). The first-order valence-electron chi connectivity index (χ1n) is 9.00. The molecule has 0 unspecified atom stereocenters. The summed E-state index contributed by atoms with van der Waals surface area (Å²) in [7, 11) is 0. The van der Waals surface area contributed by atoms with E-state index >= 15 is 0 Å². The third-order valence-electron chi connectivity index (χ3n) is 4.70. The largest absolute Gasteiger partial charge is 0.489 e. The first kappa shape index (κ1) is 20.1. The Balaban J connectivity index is 0.00000225. The van der Waals surface area contributed by atoms with Gasteiger partial charge < -0.3 is 10.1 Å². The lowest BCUT2D eigenvalue weighted by Crippen LogP contribution is -2.27. The highest BCUT2D eigenvalue weighted by atomic mass is 35.5. The molecule has 1 N–H and O–H groups in total. The van der Waals surface area contributed by atoms with Gasteiger partial charge in [0.1, 0.15) is 12.4 Å². The third kappa shape index (κ3) is 6.54. The van der Waals surface area contributed by atoms with E-state index in [0.29, 0.717) is 12.6 Å². The number of nitrogens with one attached hydrogen (secondary N) is 1. The van der Waals surface area contributed by atoms with Crippen molar-refractivity contribution in [2.75, 3.05) is 0 Å². The van der Waals surface area contributed by atoms with Crippen LogP contribution in [0.15, 0.2) is 48.5 Å². The van der Waals surface area contributed by atoms with E-state index in [1.807, 2.05) is 30.3 Å². The van der Waals surface area contributed by atoms with Crippen LogP contribution in [0.3, 0.4) is 0 Å². The lowest BCUT2D eigenvalue weighted by Gasteiger charge is -2.16. The van der Waals surface area contributed by atoms with Gasteiger partial charge in [-0.2, -0.15) is 0 Å². The van der Waals surface area contributed by atoms with E-state index in [1.54, 1.807) is 0 Å². The van der Waals surface area contributed by atoms with Gasteiger partial charge in [-0.3, -0.25) is 0 Å². The molecule has 0 atom stereocenters. The van der Waals surface area contributed by atoms with Gasteiger partial charge in [0.2, 0.25) is 0 Å². The predicted molar refractivity (Wildman–Crippen MR) is 108 cm³/mol. The summed E-state index contributed by atoms with van der Waals surface area (Å²) in [6.45, 7) is 1.41. The van der Waals surface area contributed by atoms with Crippen LogP contribution < -0.4 is 10.1 Å². The van der Waals surface area contributed by atoms with Gasteiger partial charge in [-0.15, -0.1) is 12.4 Å². The van der Waals surface area contributed by atoms with Crippen LogP contribution in [0, 0.1) is 0 Å². The number of hydrogen-bond acceptors (Lipinski definition) is 2. The molecule has 0 spiro atoms. The summed E-state index contributed by atoms with van der Waals surface area (Å²) in [6.07, 6.45) is 8.12. The van der Waals surface area contributed by atoms with Gasteiger partial charge in [-0.05, 0) is 36.6 Å². The Morgan fingerprint density at radius 3 is 2.48 bits per heavy atom. The fourth-order valence-electron chi connectivity index (χ4n) is 3.27. The van der Waals surface area contributed by atoms with Gasteiger partial charge in [0.05, 0.1) is 0 Å². The molecule has 0 amide bonds. The number of rotatable bonds is 6. The van der Waals surface area contributed by atoms with Crippen LogP contribution in [0.25, 0.3) is 0 Å². The lowest BCUT2D eigenvalue weighted by molar-refractivity contribution is 0.306. The normalized spacial score (nSPS) is 15.2. The second kappa shape index (κ2) is 10.7. The molecule has 25 heavy (non-hydrogen) atoms. The van der Waals surface area contributed by atoms with Crippen molar-refractivity contribution in [2.45, 2.75) is 57.7 Å². The van der Waals surface area contributed by atoms with E-state index in [-0.39, 0.29) is 12.4 Å². The fourth-order valence-corrected chi connectivity index (χ4v) is 3.46. The number of ether oxygens (including phenoxy) is 1. The fraction of sp³-hybridized carbons (Fsp3) is 0.429. The molecule has 1 aliphatic carbocycles. The maximum atomic E-state index is 6.18. The molecule has 1 fully saturated rings. The summed E-state index contributed by atoms with van der Waals surface area (Å²) in [5.41, 5.74) is 2.29. The van der Waals surface area contributed by atoms with E-state index in [4.69, 9.17) is 16.3 Å². The van der Waals surface area contributed by atoms with Crippen molar-refractivity contribution in [1.82, 2.24) is 5.32 Å². The summed E-state index contributed by atoms with van der Waals surface area (Å²) in [4.78, 5) is 0. The SMILES string of the molecule is Cl.Clc1ccccc1COc1cccc(CNC2CCCCCC2)c1. The average Bonchev–Trinajstić information content (AvgIpc) is 2.88. The molecule has 0 bridgehead atoms. The minimum Gasteiger partial charge on any atom is -0.489 e. The van der Waals surface area contributed by atoms with E-state index in [9.17, 15) is 0 Å². The van der Waals surface area contributed by atoms with Gasteiger partial charge in [-0.25, -0.2) is 0 Å². The standard InChI is InChI=1S/C21H26ClNO.ClH/c22-21-13-6-5-9-18(21)16-24-20-12-7-8-17(14-20)15-23-19-10-3-1-2-4-11-19;/h5-9,12-14,19,23H,1-4,10-11,15-16H2;1H. The molecular formula is C21H27Cl2NO. The quantitative estimate of drug-likeness (QED) is 0.607. The van der Waals surface area contributed by atoms with Crippen LogP contribution in [0.2, 0.25) is 5.02 Å². The number of halogens is 2. The van der Waals surface area contributed by atoms with E-state index in [1.165, 1.54) is 44.1 Å². The smallest absolute Gasteiger partial charge is 0.120 e. The Morgan fingerprint density at radius 2 is 1.72 bits per heavy atom. The highest BCUT2D eigenvalue weighted by molar-refractivity contribution is 6.31. The van der Waals surface area contributed by atoms with E-state index in [0.717, 1.165) is 22.9 Å². The van der Waals surface area contributed by atoms with Gasteiger partial charge >= 0.3 is 0 Å². The first-order valence-corrected chi connectivity index (χ1v) is 9.37. The maximum Gasteiger partial charge on any atom is 0.120 e. The molecule has 0 saturated heterocycles. The molecule has 0 aromatic heterocycles. The zero-order chi connectivity index (χ0) is 16.6. The van der Waals surface area contributed by atoms with Crippen LogP contribution in [0.1, 0.15) is 49.7 Å². The summed E-state index contributed by atoms with van der Waals surface area (Å²) < 4.78 is 5.91. The zero-order valence-electron chi connectivity index (χ0n) is 14.5. The van der Waals surface area contributed by atoms with Crippen molar-refractivity contribution in [3.05, 3.63) is 64.7 Å². The van der Waals surface area contributed by atoms with Gasteiger partial charge in [0.15, 0.2) is 0 Å². The van der Waals surface area contributed by atoms with Crippen LogP contribution >= 0.6 is 24.0 Å². The average molecular weight is 380 g/mol. The van der Waals surface area contributed by atoms with E-state index < -0.39 is 0 Å². The second-order valence-corrected chi connectivity index (χ2v) is 7.00. The van der Waals surface area contributed by atoms with Crippen LogP contribution in [0.4, 0.5) is 0 Å². The highest BCUT2D eigenvalue weighted by Crippen LogP contribution is 2.21. The van der Waals surface area contributed by atoms with Crippen molar-refractivity contribution in [1.29, 1.82) is 0 Å². The number of benzene rings is 2. The summed E-state index contributed by atoms with van der Waals surface area (Å²) in [6, 6.07) is 16.8.